The summed E-state index contributed by atoms with van der Waals surface area (Å²) in [6.45, 7) is 2.10. The van der Waals surface area contributed by atoms with E-state index in [-0.39, 0.29) is 11.3 Å². The van der Waals surface area contributed by atoms with Crippen molar-refractivity contribution in [3.05, 3.63) is 23.7 Å². The van der Waals surface area contributed by atoms with Crippen molar-refractivity contribution >= 4 is 5.97 Å². The Bertz CT molecular complexity index is 383. The van der Waals surface area contributed by atoms with Gasteiger partial charge in [-0.25, -0.2) is 4.79 Å². The SMILES string of the molecule is CC1OCCC1(O)c1occc1C(=O)O. The lowest BCUT2D eigenvalue weighted by Gasteiger charge is -2.24. The summed E-state index contributed by atoms with van der Waals surface area (Å²) in [5.74, 6) is -1.02. The van der Waals surface area contributed by atoms with Crippen molar-refractivity contribution < 1.29 is 24.2 Å². The van der Waals surface area contributed by atoms with Crippen molar-refractivity contribution in [1.29, 1.82) is 0 Å². The number of aromatic carboxylic acids is 1. The second-order valence-corrected chi connectivity index (χ2v) is 3.66. The maximum Gasteiger partial charge on any atom is 0.339 e. The molecule has 1 saturated heterocycles. The van der Waals surface area contributed by atoms with Crippen LogP contribution >= 0.6 is 0 Å². The van der Waals surface area contributed by atoms with Gasteiger partial charge in [-0.3, -0.25) is 0 Å². The van der Waals surface area contributed by atoms with Gasteiger partial charge in [-0.1, -0.05) is 0 Å². The van der Waals surface area contributed by atoms with Crippen LogP contribution in [0.5, 0.6) is 0 Å². The van der Waals surface area contributed by atoms with E-state index in [1.807, 2.05) is 0 Å². The number of carboxylic acid groups (broad SMARTS) is 1. The molecule has 0 radical (unpaired) electrons. The van der Waals surface area contributed by atoms with Crippen molar-refractivity contribution in [2.45, 2.75) is 25.0 Å². The summed E-state index contributed by atoms with van der Waals surface area (Å²) in [7, 11) is 0. The zero-order valence-corrected chi connectivity index (χ0v) is 8.27. The lowest BCUT2D eigenvalue weighted by Crippen LogP contribution is -2.34. The van der Waals surface area contributed by atoms with Crippen LogP contribution in [0.15, 0.2) is 16.7 Å². The van der Waals surface area contributed by atoms with Crippen LogP contribution in [0.1, 0.15) is 29.5 Å². The molecule has 2 rings (SSSR count). The average molecular weight is 212 g/mol. The number of carboxylic acids is 1. The van der Waals surface area contributed by atoms with E-state index in [1.165, 1.54) is 12.3 Å². The number of aliphatic hydroxyl groups is 1. The number of hydrogen-bond acceptors (Lipinski definition) is 4. The summed E-state index contributed by atoms with van der Waals surface area (Å²) in [5.41, 5.74) is -1.33. The topological polar surface area (TPSA) is 79.9 Å². The summed E-state index contributed by atoms with van der Waals surface area (Å²) in [6.07, 6.45) is 1.16. The van der Waals surface area contributed by atoms with Gasteiger partial charge in [0.05, 0.1) is 19.0 Å². The van der Waals surface area contributed by atoms with Crippen molar-refractivity contribution in [3.8, 4) is 0 Å². The van der Waals surface area contributed by atoms with Gasteiger partial charge >= 0.3 is 5.97 Å². The number of carbonyl (C=O) groups is 1. The van der Waals surface area contributed by atoms with Gasteiger partial charge in [0.25, 0.3) is 0 Å². The smallest absolute Gasteiger partial charge is 0.339 e. The first-order valence-corrected chi connectivity index (χ1v) is 4.71. The number of rotatable bonds is 2. The molecule has 0 saturated carbocycles. The molecule has 2 heterocycles. The lowest BCUT2D eigenvalue weighted by atomic mass is 9.91. The van der Waals surface area contributed by atoms with Crippen molar-refractivity contribution in [1.82, 2.24) is 0 Å². The third-order valence-electron chi connectivity index (χ3n) is 2.81. The molecule has 2 unspecified atom stereocenters. The predicted octanol–water partition coefficient (Wildman–Crippen LogP) is 0.974. The fraction of sp³-hybridized carbons (Fsp3) is 0.500. The summed E-state index contributed by atoms with van der Waals surface area (Å²) in [4.78, 5) is 10.9. The molecule has 0 aromatic carbocycles. The van der Waals surface area contributed by atoms with Crippen LogP contribution in [0.2, 0.25) is 0 Å². The molecule has 82 valence electrons. The summed E-state index contributed by atoms with van der Waals surface area (Å²) >= 11 is 0. The summed E-state index contributed by atoms with van der Waals surface area (Å²) in [6, 6.07) is 1.33. The van der Waals surface area contributed by atoms with Gasteiger partial charge in [0, 0.05) is 6.42 Å². The van der Waals surface area contributed by atoms with E-state index in [9.17, 15) is 9.90 Å². The minimum absolute atomic E-state index is 0.00477. The zero-order valence-electron chi connectivity index (χ0n) is 8.27. The molecule has 5 heteroatoms. The van der Waals surface area contributed by atoms with Crippen LogP contribution in [0, 0.1) is 0 Å². The third-order valence-corrected chi connectivity index (χ3v) is 2.81. The molecule has 0 amide bonds. The van der Waals surface area contributed by atoms with E-state index in [4.69, 9.17) is 14.3 Å². The molecule has 5 nitrogen and oxygen atoms in total. The molecule has 0 bridgehead atoms. The van der Waals surface area contributed by atoms with Crippen molar-refractivity contribution in [2.75, 3.05) is 6.61 Å². The van der Waals surface area contributed by atoms with E-state index in [0.29, 0.717) is 13.0 Å². The van der Waals surface area contributed by atoms with Gasteiger partial charge in [0.15, 0.2) is 11.4 Å². The van der Waals surface area contributed by atoms with E-state index in [0.717, 1.165) is 0 Å². The Kier molecular flexibility index (Phi) is 2.28. The molecule has 1 fully saturated rings. The molecule has 1 aromatic heterocycles. The third kappa shape index (κ3) is 1.44. The van der Waals surface area contributed by atoms with Crippen LogP contribution in [-0.2, 0) is 10.3 Å². The monoisotopic (exact) mass is 212 g/mol. The molecular formula is C10H12O5. The van der Waals surface area contributed by atoms with Gasteiger partial charge in [0.1, 0.15) is 5.56 Å². The van der Waals surface area contributed by atoms with E-state index >= 15 is 0 Å². The quantitative estimate of drug-likeness (QED) is 0.763. The van der Waals surface area contributed by atoms with Crippen LogP contribution in [-0.4, -0.2) is 28.9 Å². The van der Waals surface area contributed by atoms with E-state index in [2.05, 4.69) is 0 Å². The van der Waals surface area contributed by atoms with Gasteiger partial charge < -0.3 is 19.4 Å². The Balaban J connectivity index is 2.44. The largest absolute Gasteiger partial charge is 0.478 e. The van der Waals surface area contributed by atoms with Gasteiger partial charge in [-0.15, -0.1) is 0 Å². The second-order valence-electron chi connectivity index (χ2n) is 3.66. The first-order chi connectivity index (χ1) is 7.05. The fourth-order valence-electron chi connectivity index (χ4n) is 1.84. The molecule has 1 aliphatic heterocycles. The Morgan fingerprint density at radius 1 is 1.67 bits per heavy atom. The first kappa shape index (κ1) is 10.2. The molecule has 1 aromatic rings. The van der Waals surface area contributed by atoms with Crippen molar-refractivity contribution in [3.63, 3.8) is 0 Å². The Hall–Kier alpha value is -1.33. The maximum atomic E-state index is 10.9. The van der Waals surface area contributed by atoms with Crippen LogP contribution in [0.3, 0.4) is 0 Å². The predicted molar refractivity (Wildman–Crippen MR) is 49.6 cm³/mol. The standard InChI is InChI=1S/C10H12O5/c1-6-10(13,3-5-14-6)8-7(9(11)12)2-4-15-8/h2,4,6,13H,3,5H2,1H3,(H,11,12). The summed E-state index contributed by atoms with van der Waals surface area (Å²) < 4.78 is 10.3. The first-order valence-electron chi connectivity index (χ1n) is 4.71. The van der Waals surface area contributed by atoms with Gasteiger partial charge in [0.2, 0.25) is 0 Å². The lowest BCUT2D eigenvalue weighted by molar-refractivity contribution is -0.0468. The van der Waals surface area contributed by atoms with Crippen molar-refractivity contribution in [2.24, 2.45) is 0 Å². The highest BCUT2D eigenvalue weighted by Gasteiger charge is 2.46. The molecule has 0 spiro atoms. The molecule has 1 aliphatic rings. The second kappa shape index (κ2) is 3.36. The fourth-order valence-corrected chi connectivity index (χ4v) is 1.84. The number of furan rings is 1. The van der Waals surface area contributed by atoms with Gasteiger partial charge in [-0.05, 0) is 13.0 Å². The average Bonchev–Trinajstić information content (AvgIpc) is 2.75. The normalized spacial score (nSPS) is 30.7. The minimum Gasteiger partial charge on any atom is -0.478 e. The van der Waals surface area contributed by atoms with Crippen LogP contribution in [0.4, 0.5) is 0 Å². The highest BCUT2D eigenvalue weighted by molar-refractivity contribution is 5.89. The Morgan fingerprint density at radius 2 is 2.40 bits per heavy atom. The highest BCUT2D eigenvalue weighted by Crippen LogP contribution is 2.37. The molecule has 2 N–H and O–H groups in total. The van der Waals surface area contributed by atoms with E-state index in [1.54, 1.807) is 6.92 Å². The van der Waals surface area contributed by atoms with Crippen LogP contribution < -0.4 is 0 Å². The zero-order chi connectivity index (χ0) is 11.1. The molecule has 0 aliphatic carbocycles. The maximum absolute atomic E-state index is 10.9. The Labute approximate surface area is 86.3 Å². The minimum atomic E-state index is -1.32. The number of ether oxygens (including phenoxy) is 1. The molecule has 2 atom stereocenters. The molecular weight excluding hydrogens is 200 g/mol. The highest BCUT2D eigenvalue weighted by atomic mass is 16.5. The summed E-state index contributed by atoms with van der Waals surface area (Å²) in [5, 5.41) is 19.2. The number of hydrogen-bond donors (Lipinski definition) is 2. The van der Waals surface area contributed by atoms with E-state index < -0.39 is 17.7 Å². The molecule has 15 heavy (non-hydrogen) atoms. The van der Waals surface area contributed by atoms with Gasteiger partial charge in [-0.2, -0.15) is 0 Å². The van der Waals surface area contributed by atoms with Crippen LogP contribution in [0.25, 0.3) is 0 Å². The Morgan fingerprint density at radius 3 is 2.93 bits per heavy atom.